The molecule has 2 atom stereocenters. The molecule has 0 amide bonds. The molecule has 5 nitrogen and oxygen atoms in total. The maximum absolute atomic E-state index is 6.26. The van der Waals surface area contributed by atoms with Crippen LogP contribution in [0.2, 0.25) is 0 Å². The van der Waals surface area contributed by atoms with E-state index in [9.17, 15) is 0 Å². The summed E-state index contributed by atoms with van der Waals surface area (Å²) < 4.78 is 7.66. The van der Waals surface area contributed by atoms with Crippen molar-refractivity contribution in [2.24, 2.45) is 7.05 Å². The molecule has 2 rings (SSSR count). The first-order chi connectivity index (χ1) is 8.40. The van der Waals surface area contributed by atoms with Crippen LogP contribution in [-0.2, 0) is 11.8 Å². The summed E-state index contributed by atoms with van der Waals surface area (Å²) >= 11 is 0. The lowest BCUT2D eigenvalue weighted by molar-refractivity contribution is -0.00560. The number of hydrogen-bond donors (Lipinski definition) is 1. The molecule has 2 heterocycles. The van der Waals surface area contributed by atoms with E-state index >= 15 is 0 Å². The SMILES string of the molecule is CC1CN(c2c(N)c(C(C)C)nn2C)CC(C)O1. The van der Waals surface area contributed by atoms with E-state index in [4.69, 9.17) is 10.5 Å². The van der Waals surface area contributed by atoms with Crippen molar-refractivity contribution in [2.75, 3.05) is 23.7 Å². The molecule has 1 aromatic heterocycles. The molecule has 0 aliphatic carbocycles. The van der Waals surface area contributed by atoms with Gasteiger partial charge in [-0.15, -0.1) is 0 Å². The number of ether oxygens (including phenoxy) is 1. The second kappa shape index (κ2) is 4.80. The number of hydrogen-bond acceptors (Lipinski definition) is 4. The number of anilines is 2. The topological polar surface area (TPSA) is 56.3 Å². The fraction of sp³-hybridized carbons (Fsp3) is 0.769. The summed E-state index contributed by atoms with van der Waals surface area (Å²) in [6.45, 7) is 10.2. The average Bonchev–Trinajstić information content (AvgIpc) is 2.52. The highest BCUT2D eigenvalue weighted by Crippen LogP contribution is 2.32. The third-order valence-corrected chi connectivity index (χ3v) is 3.35. The van der Waals surface area contributed by atoms with Crippen molar-refractivity contribution < 1.29 is 4.74 Å². The molecule has 0 bridgehead atoms. The van der Waals surface area contributed by atoms with E-state index in [-0.39, 0.29) is 12.2 Å². The van der Waals surface area contributed by atoms with Gasteiger partial charge in [-0.25, -0.2) is 0 Å². The summed E-state index contributed by atoms with van der Waals surface area (Å²) in [5, 5.41) is 4.54. The standard InChI is InChI=1S/C13H24N4O/c1-8(2)12-11(14)13(16(5)15-12)17-6-9(3)18-10(4)7-17/h8-10H,6-7,14H2,1-5H3. The number of rotatable bonds is 2. The molecule has 1 aliphatic heterocycles. The van der Waals surface area contributed by atoms with E-state index in [0.717, 1.165) is 30.3 Å². The number of aryl methyl sites for hydroxylation is 1. The lowest BCUT2D eigenvalue weighted by atomic mass is 10.1. The zero-order chi connectivity index (χ0) is 13.4. The molecule has 0 spiro atoms. The fourth-order valence-electron chi connectivity index (χ4n) is 2.70. The van der Waals surface area contributed by atoms with Crippen molar-refractivity contribution in [1.82, 2.24) is 9.78 Å². The minimum Gasteiger partial charge on any atom is -0.394 e. The Kier molecular flexibility index (Phi) is 3.52. The molecule has 1 saturated heterocycles. The van der Waals surface area contributed by atoms with Crippen LogP contribution in [0, 0.1) is 0 Å². The molecule has 2 N–H and O–H groups in total. The van der Waals surface area contributed by atoms with E-state index in [1.165, 1.54) is 0 Å². The Morgan fingerprint density at radius 3 is 2.28 bits per heavy atom. The van der Waals surface area contributed by atoms with Crippen molar-refractivity contribution in [3.63, 3.8) is 0 Å². The third kappa shape index (κ3) is 2.32. The van der Waals surface area contributed by atoms with E-state index < -0.39 is 0 Å². The Morgan fingerprint density at radius 1 is 1.28 bits per heavy atom. The molecular weight excluding hydrogens is 228 g/mol. The van der Waals surface area contributed by atoms with Crippen LogP contribution in [0.5, 0.6) is 0 Å². The Morgan fingerprint density at radius 2 is 1.83 bits per heavy atom. The van der Waals surface area contributed by atoms with Crippen LogP contribution in [-0.4, -0.2) is 35.1 Å². The number of nitrogens with zero attached hydrogens (tertiary/aromatic N) is 3. The zero-order valence-corrected chi connectivity index (χ0v) is 12.0. The van der Waals surface area contributed by atoms with E-state index in [2.05, 4.69) is 37.7 Å². The molecule has 0 aromatic carbocycles. The first kappa shape index (κ1) is 13.2. The molecule has 2 unspecified atom stereocenters. The summed E-state index contributed by atoms with van der Waals surface area (Å²) in [4.78, 5) is 2.28. The van der Waals surface area contributed by atoms with Crippen LogP contribution in [0.4, 0.5) is 11.5 Å². The summed E-state index contributed by atoms with van der Waals surface area (Å²) in [5.41, 5.74) is 8.06. The van der Waals surface area contributed by atoms with E-state index in [1.807, 2.05) is 11.7 Å². The number of nitrogen functional groups attached to an aromatic ring is 1. The fourth-order valence-corrected chi connectivity index (χ4v) is 2.70. The van der Waals surface area contributed by atoms with Gasteiger partial charge in [-0.1, -0.05) is 13.8 Å². The highest BCUT2D eigenvalue weighted by molar-refractivity contribution is 5.67. The Bertz CT molecular complexity index is 417. The molecular formula is C13H24N4O. The van der Waals surface area contributed by atoms with Gasteiger partial charge in [-0.3, -0.25) is 4.68 Å². The van der Waals surface area contributed by atoms with Gasteiger partial charge in [0.25, 0.3) is 0 Å². The van der Waals surface area contributed by atoms with Crippen LogP contribution in [0.3, 0.4) is 0 Å². The Labute approximate surface area is 109 Å². The lowest BCUT2D eigenvalue weighted by Crippen LogP contribution is -2.46. The normalized spacial score (nSPS) is 24.9. The van der Waals surface area contributed by atoms with Crippen molar-refractivity contribution >= 4 is 11.5 Å². The predicted molar refractivity (Wildman–Crippen MR) is 73.9 cm³/mol. The molecule has 5 heteroatoms. The minimum absolute atomic E-state index is 0.227. The van der Waals surface area contributed by atoms with Gasteiger partial charge in [0.05, 0.1) is 23.6 Å². The van der Waals surface area contributed by atoms with Gasteiger partial charge in [0.15, 0.2) is 5.82 Å². The van der Waals surface area contributed by atoms with Gasteiger partial charge in [0.2, 0.25) is 0 Å². The molecule has 1 aromatic rings. The number of aromatic nitrogens is 2. The average molecular weight is 252 g/mol. The minimum atomic E-state index is 0.227. The van der Waals surface area contributed by atoms with Gasteiger partial charge in [0.1, 0.15) is 0 Å². The summed E-state index contributed by atoms with van der Waals surface area (Å²) in [5.74, 6) is 1.38. The maximum Gasteiger partial charge on any atom is 0.150 e. The van der Waals surface area contributed by atoms with Gasteiger partial charge < -0.3 is 15.4 Å². The van der Waals surface area contributed by atoms with Crippen LogP contribution < -0.4 is 10.6 Å². The molecule has 18 heavy (non-hydrogen) atoms. The van der Waals surface area contributed by atoms with Gasteiger partial charge in [-0.2, -0.15) is 5.10 Å². The number of nitrogens with two attached hydrogens (primary N) is 1. The molecule has 1 fully saturated rings. The third-order valence-electron chi connectivity index (χ3n) is 3.35. The molecule has 1 aliphatic rings. The van der Waals surface area contributed by atoms with Gasteiger partial charge in [-0.05, 0) is 19.8 Å². The van der Waals surface area contributed by atoms with Crippen molar-refractivity contribution in [3.05, 3.63) is 5.69 Å². The first-order valence-electron chi connectivity index (χ1n) is 6.63. The molecule has 0 saturated carbocycles. The molecule has 0 radical (unpaired) electrons. The summed E-state index contributed by atoms with van der Waals surface area (Å²) in [6.07, 6.45) is 0.455. The predicted octanol–water partition coefficient (Wildman–Crippen LogP) is 1.74. The monoisotopic (exact) mass is 252 g/mol. The second-order valence-corrected chi connectivity index (χ2v) is 5.56. The maximum atomic E-state index is 6.26. The van der Waals surface area contributed by atoms with Crippen molar-refractivity contribution in [1.29, 1.82) is 0 Å². The van der Waals surface area contributed by atoms with E-state index in [1.54, 1.807) is 0 Å². The highest BCUT2D eigenvalue weighted by atomic mass is 16.5. The Hall–Kier alpha value is -1.23. The largest absolute Gasteiger partial charge is 0.394 e. The van der Waals surface area contributed by atoms with Crippen molar-refractivity contribution in [2.45, 2.75) is 45.8 Å². The second-order valence-electron chi connectivity index (χ2n) is 5.56. The van der Waals surface area contributed by atoms with Gasteiger partial charge in [0, 0.05) is 20.1 Å². The van der Waals surface area contributed by atoms with E-state index in [0.29, 0.717) is 5.92 Å². The quantitative estimate of drug-likeness (QED) is 0.871. The van der Waals surface area contributed by atoms with Crippen LogP contribution in [0.15, 0.2) is 0 Å². The van der Waals surface area contributed by atoms with Crippen LogP contribution in [0.25, 0.3) is 0 Å². The highest BCUT2D eigenvalue weighted by Gasteiger charge is 2.27. The van der Waals surface area contributed by atoms with Crippen molar-refractivity contribution in [3.8, 4) is 0 Å². The zero-order valence-electron chi connectivity index (χ0n) is 12.0. The summed E-state index contributed by atoms with van der Waals surface area (Å²) in [6, 6.07) is 0. The van der Waals surface area contributed by atoms with Crippen LogP contribution in [0.1, 0.15) is 39.3 Å². The smallest absolute Gasteiger partial charge is 0.150 e. The first-order valence-corrected chi connectivity index (χ1v) is 6.63. The molecule has 102 valence electrons. The summed E-state index contributed by atoms with van der Waals surface area (Å²) in [7, 11) is 1.96. The Balaban J connectivity index is 2.33. The number of morpholine rings is 1. The van der Waals surface area contributed by atoms with Gasteiger partial charge >= 0.3 is 0 Å². The lowest BCUT2D eigenvalue weighted by Gasteiger charge is -2.36. The van der Waals surface area contributed by atoms with Crippen LogP contribution >= 0.6 is 0 Å².